The topological polar surface area (TPSA) is 38.8 Å². The summed E-state index contributed by atoms with van der Waals surface area (Å²) in [6.45, 7) is 0.754. The van der Waals surface area contributed by atoms with Crippen LogP contribution in [0.2, 0.25) is 0 Å². The van der Waals surface area contributed by atoms with Crippen LogP contribution >= 0.6 is 0 Å². The van der Waals surface area contributed by atoms with Gasteiger partial charge in [-0.05, 0) is 41.8 Å². The van der Waals surface area contributed by atoms with E-state index in [-0.39, 0.29) is 18.5 Å². The van der Waals surface area contributed by atoms with Crippen LogP contribution in [-0.4, -0.2) is 24.6 Å². The minimum Gasteiger partial charge on any atom is -0.454 e. The van der Waals surface area contributed by atoms with Crippen LogP contribution in [0.1, 0.15) is 17.5 Å². The van der Waals surface area contributed by atoms with Crippen LogP contribution < -0.4 is 9.47 Å². The lowest BCUT2D eigenvalue weighted by atomic mass is 10.1. The summed E-state index contributed by atoms with van der Waals surface area (Å²) in [6, 6.07) is 11.9. The van der Waals surface area contributed by atoms with Gasteiger partial charge in [-0.15, -0.1) is 0 Å². The lowest BCUT2D eigenvalue weighted by molar-refractivity contribution is -0.130. The number of hydrogen-bond donors (Lipinski definition) is 0. The first-order valence-electron chi connectivity index (χ1n) is 7.49. The van der Waals surface area contributed by atoms with E-state index in [9.17, 15) is 9.18 Å². The molecule has 0 saturated carbocycles. The van der Waals surface area contributed by atoms with E-state index in [2.05, 4.69) is 0 Å². The molecule has 2 aromatic carbocycles. The summed E-state index contributed by atoms with van der Waals surface area (Å²) >= 11 is 0. The molecule has 0 bridgehead atoms. The van der Waals surface area contributed by atoms with Crippen LogP contribution in [0.15, 0.2) is 42.5 Å². The zero-order valence-electron chi connectivity index (χ0n) is 12.9. The van der Waals surface area contributed by atoms with Crippen molar-refractivity contribution < 1.29 is 18.7 Å². The fraction of sp³-hybridized carbons (Fsp3) is 0.278. The van der Waals surface area contributed by atoms with Gasteiger partial charge in [0, 0.05) is 20.0 Å². The third kappa shape index (κ3) is 3.80. The Kier molecular flexibility index (Phi) is 4.46. The van der Waals surface area contributed by atoms with Crippen molar-refractivity contribution in [1.29, 1.82) is 0 Å². The molecule has 0 unspecified atom stereocenters. The highest BCUT2D eigenvalue weighted by Crippen LogP contribution is 2.32. The van der Waals surface area contributed by atoms with Gasteiger partial charge < -0.3 is 14.4 Å². The molecule has 1 heterocycles. The van der Waals surface area contributed by atoms with Gasteiger partial charge in [-0.3, -0.25) is 4.79 Å². The highest BCUT2D eigenvalue weighted by atomic mass is 19.1. The minimum absolute atomic E-state index is 0.0481. The van der Waals surface area contributed by atoms with Gasteiger partial charge in [0.05, 0.1) is 0 Å². The molecular formula is C18H18FNO3. The molecule has 4 nitrogen and oxygen atoms in total. The zero-order chi connectivity index (χ0) is 16.2. The summed E-state index contributed by atoms with van der Waals surface area (Å²) in [5, 5.41) is 0. The number of ether oxygens (including phenoxy) is 2. The predicted octanol–water partition coefficient (Wildman–Crippen LogP) is 3.15. The maximum absolute atomic E-state index is 12.9. The van der Waals surface area contributed by atoms with Crippen molar-refractivity contribution in [2.45, 2.75) is 19.4 Å². The second kappa shape index (κ2) is 6.69. The van der Waals surface area contributed by atoms with E-state index in [1.165, 1.54) is 12.1 Å². The summed E-state index contributed by atoms with van der Waals surface area (Å²) in [4.78, 5) is 13.9. The molecule has 0 N–H and O–H groups in total. The summed E-state index contributed by atoms with van der Waals surface area (Å²) < 4.78 is 23.5. The van der Waals surface area contributed by atoms with Crippen molar-refractivity contribution in [2.24, 2.45) is 0 Å². The SMILES string of the molecule is CN(Cc1ccc2c(c1)OCO2)C(=O)CCc1ccc(F)cc1. The van der Waals surface area contributed by atoms with Crippen LogP contribution in [-0.2, 0) is 17.8 Å². The number of halogens is 1. The third-order valence-electron chi connectivity index (χ3n) is 3.82. The Bertz CT molecular complexity index is 700. The normalized spacial score (nSPS) is 12.3. The van der Waals surface area contributed by atoms with Gasteiger partial charge in [-0.1, -0.05) is 18.2 Å². The van der Waals surface area contributed by atoms with Crippen molar-refractivity contribution in [3.05, 3.63) is 59.4 Å². The predicted molar refractivity (Wildman–Crippen MR) is 83.8 cm³/mol. The van der Waals surface area contributed by atoms with Gasteiger partial charge in [0.2, 0.25) is 12.7 Å². The van der Waals surface area contributed by atoms with E-state index in [1.54, 1.807) is 24.1 Å². The average Bonchev–Trinajstić information content (AvgIpc) is 3.01. The summed E-state index contributed by atoms with van der Waals surface area (Å²) in [7, 11) is 1.78. The Hall–Kier alpha value is -2.56. The van der Waals surface area contributed by atoms with E-state index in [4.69, 9.17) is 9.47 Å². The number of carbonyl (C=O) groups is 1. The summed E-state index contributed by atoms with van der Waals surface area (Å²) in [5.74, 6) is 1.24. The van der Waals surface area contributed by atoms with Crippen molar-refractivity contribution in [1.82, 2.24) is 4.90 Å². The van der Waals surface area contributed by atoms with Crippen LogP contribution in [0.3, 0.4) is 0 Å². The standard InChI is InChI=1S/C18H18FNO3/c1-20(11-14-4-8-16-17(10-14)23-12-22-16)18(21)9-5-13-2-6-15(19)7-3-13/h2-4,6-8,10H,5,9,11-12H2,1H3. The zero-order valence-corrected chi connectivity index (χ0v) is 12.9. The fourth-order valence-corrected chi connectivity index (χ4v) is 2.49. The van der Waals surface area contributed by atoms with Gasteiger partial charge in [-0.2, -0.15) is 0 Å². The Morgan fingerprint density at radius 3 is 2.57 bits per heavy atom. The van der Waals surface area contributed by atoms with Crippen molar-refractivity contribution in [3.8, 4) is 11.5 Å². The maximum Gasteiger partial charge on any atom is 0.231 e. The molecule has 0 aromatic heterocycles. The first-order chi connectivity index (χ1) is 11.1. The molecule has 23 heavy (non-hydrogen) atoms. The van der Waals surface area contributed by atoms with E-state index in [0.717, 1.165) is 22.6 Å². The van der Waals surface area contributed by atoms with E-state index < -0.39 is 0 Å². The van der Waals surface area contributed by atoms with Crippen LogP contribution in [0.5, 0.6) is 11.5 Å². The van der Waals surface area contributed by atoms with Gasteiger partial charge in [0.15, 0.2) is 11.5 Å². The quantitative estimate of drug-likeness (QED) is 0.851. The number of nitrogens with zero attached hydrogens (tertiary/aromatic N) is 1. The molecule has 3 rings (SSSR count). The highest BCUT2D eigenvalue weighted by molar-refractivity contribution is 5.76. The average molecular weight is 315 g/mol. The molecule has 120 valence electrons. The molecule has 0 aliphatic carbocycles. The van der Waals surface area contributed by atoms with Crippen LogP contribution in [0, 0.1) is 5.82 Å². The maximum atomic E-state index is 12.9. The number of carbonyl (C=O) groups excluding carboxylic acids is 1. The Morgan fingerprint density at radius 1 is 1.09 bits per heavy atom. The lowest BCUT2D eigenvalue weighted by Gasteiger charge is -2.17. The van der Waals surface area contributed by atoms with Gasteiger partial charge in [-0.25, -0.2) is 4.39 Å². The smallest absolute Gasteiger partial charge is 0.231 e. The number of benzene rings is 2. The van der Waals surface area contributed by atoms with E-state index in [1.807, 2.05) is 18.2 Å². The van der Waals surface area contributed by atoms with Crippen molar-refractivity contribution >= 4 is 5.91 Å². The number of hydrogen-bond acceptors (Lipinski definition) is 3. The highest BCUT2D eigenvalue weighted by Gasteiger charge is 2.15. The molecule has 1 aliphatic heterocycles. The number of amides is 1. The largest absolute Gasteiger partial charge is 0.454 e. The monoisotopic (exact) mass is 315 g/mol. The molecule has 2 aromatic rings. The number of rotatable bonds is 5. The van der Waals surface area contributed by atoms with E-state index >= 15 is 0 Å². The molecule has 0 saturated heterocycles. The molecule has 0 radical (unpaired) electrons. The molecule has 1 aliphatic rings. The number of fused-ring (bicyclic) bond motifs is 1. The second-order valence-corrected chi connectivity index (χ2v) is 5.56. The van der Waals surface area contributed by atoms with E-state index in [0.29, 0.717) is 19.4 Å². The first-order valence-corrected chi connectivity index (χ1v) is 7.49. The minimum atomic E-state index is -0.264. The van der Waals surface area contributed by atoms with Crippen molar-refractivity contribution in [2.75, 3.05) is 13.8 Å². The lowest BCUT2D eigenvalue weighted by Crippen LogP contribution is -2.26. The Balaban J connectivity index is 1.54. The van der Waals surface area contributed by atoms with Gasteiger partial charge in [0.1, 0.15) is 5.82 Å². The van der Waals surface area contributed by atoms with Gasteiger partial charge in [0.25, 0.3) is 0 Å². The fourth-order valence-electron chi connectivity index (χ4n) is 2.49. The summed E-state index contributed by atoms with van der Waals surface area (Å²) in [5.41, 5.74) is 1.95. The van der Waals surface area contributed by atoms with Crippen molar-refractivity contribution in [3.63, 3.8) is 0 Å². The molecule has 1 amide bonds. The molecule has 0 atom stereocenters. The molecular weight excluding hydrogens is 297 g/mol. The van der Waals surface area contributed by atoms with Crippen LogP contribution in [0.4, 0.5) is 4.39 Å². The third-order valence-corrected chi connectivity index (χ3v) is 3.82. The Morgan fingerprint density at radius 2 is 1.78 bits per heavy atom. The second-order valence-electron chi connectivity index (χ2n) is 5.56. The first kappa shape index (κ1) is 15.3. The molecule has 0 fully saturated rings. The Labute approximate surface area is 134 Å². The number of aryl methyl sites for hydroxylation is 1. The molecule has 5 heteroatoms. The van der Waals surface area contributed by atoms with Crippen LogP contribution in [0.25, 0.3) is 0 Å². The molecule has 0 spiro atoms. The summed E-state index contributed by atoms with van der Waals surface area (Å²) in [6.07, 6.45) is 0.997. The van der Waals surface area contributed by atoms with Gasteiger partial charge >= 0.3 is 0 Å².